The fraction of sp³-hybridized carbons (Fsp3) is 0.556. The summed E-state index contributed by atoms with van der Waals surface area (Å²) < 4.78 is 5.52. The zero-order valence-corrected chi connectivity index (χ0v) is 15.1. The molecule has 0 spiro atoms. The molecule has 2 fully saturated rings. The van der Waals surface area contributed by atoms with Crippen molar-refractivity contribution in [2.45, 2.75) is 18.4 Å². The maximum Gasteiger partial charge on any atom is 0.313 e. The number of anilines is 1. The Morgan fingerprint density at radius 3 is 2.44 bits per heavy atom. The Morgan fingerprint density at radius 2 is 1.76 bits per heavy atom. The third-order valence-electron chi connectivity index (χ3n) is 4.92. The second-order valence-electron chi connectivity index (χ2n) is 6.44. The highest BCUT2D eigenvalue weighted by atomic mass is 32.2. The maximum atomic E-state index is 12.2. The van der Waals surface area contributed by atoms with Crippen molar-refractivity contribution in [1.29, 1.82) is 0 Å². The van der Waals surface area contributed by atoms with E-state index >= 15 is 0 Å². The molecule has 2 heterocycles. The number of ether oxygens (including phenoxy) is 1. The summed E-state index contributed by atoms with van der Waals surface area (Å²) in [6.07, 6.45) is 1.77. The molecule has 1 aromatic rings. The zero-order valence-electron chi connectivity index (χ0n) is 14.3. The minimum absolute atomic E-state index is 0.0953. The van der Waals surface area contributed by atoms with Crippen molar-refractivity contribution >= 4 is 29.3 Å². The topological polar surface area (TPSA) is 70.7 Å². The molecule has 1 aromatic carbocycles. The van der Waals surface area contributed by atoms with Crippen LogP contribution in [-0.4, -0.2) is 66.6 Å². The summed E-state index contributed by atoms with van der Waals surface area (Å²) in [6, 6.07) is 9.02. The number of hydrogen-bond donors (Lipinski definition) is 2. The van der Waals surface area contributed by atoms with E-state index in [4.69, 9.17) is 4.74 Å². The Hall–Kier alpha value is -1.57. The number of nitrogens with zero attached hydrogens (tertiary/aromatic N) is 1. The van der Waals surface area contributed by atoms with Crippen LogP contribution in [0.15, 0.2) is 30.3 Å². The smallest absolute Gasteiger partial charge is 0.313 e. The first kappa shape index (κ1) is 18.2. The normalized spacial score (nSPS) is 20.6. The largest absolute Gasteiger partial charge is 0.381 e. The zero-order chi connectivity index (χ0) is 17.5. The van der Waals surface area contributed by atoms with Crippen LogP contribution in [0.4, 0.5) is 5.69 Å². The van der Waals surface area contributed by atoms with Gasteiger partial charge in [0, 0.05) is 55.6 Å². The van der Waals surface area contributed by atoms with Gasteiger partial charge in [0.1, 0.15) is 0 Å². The second-order valence-corrected chi connectivity index (χ2v) is 7.66. The van der Waals surface area contributed by atoms with Crippen LogP contribution in [0.2, 0.25) is 0 Å². The number of hydrogen-bond acceptors (Lipinski definition) is 5. The summed E-state index contributed by atoms with van der Waals surface area (Å²) in [7, 11) is 0. The van der Waals surface area contributed by atoms with Gasteiger partial charge in [0.2, 0.25) is 0 Å². The molecule has 0 radical (unpaired) electrons. The molecule has 2 saturated heterocycles. The number of nitrogens with one attached hydrogen (secondary N) is 2. The lowest BCUT2D eigenvalue weighted by Gasteiger charge is -2.47. The second kappa shape index (κ2) is 8.69. The van der Waals surface area contributed by atoms with E-state index in [1.807, 2.05) is 30.0 Å². The first-order chi connectivity index (χ1) is 12.2. The fourth-order valence-corrected chi connectivity index (χ4v) is 4.33. The third kappa shape index (κ3) is 4.74. The average Bonchev–Trinajstić information content (AvgIpc) is 2.68. The molecule has 0 aromatic heterocycles. The Kier molecular flexibility index (Phi) is 6.34. The molecule has 0 unspecified atom stereocenters. The van der Waals surface area contributed by atoms with Gasteiger partial charge in [0.05, 0.1) is 0 Å². The van der Waals surface area contributed by atoms with Crippen LogP contribution in [0.1, 0.15) is 12.8 Å². The van der Waals surface area contributed by atoms with Crippen LogP contribution in [0, 0.1) is 0 Å². The van der Waals surface area contributed by atoms with Crippen molar-refractivity contribution in [2.24, 2.45) is 0 Å². The van der Waals surface area contributed by atoms with Crippen LogP contribution in [0.25, 0.3) is 0 Å². The number of benzene rings is 1. The van der Waals surface area contributed by atoms with E-state index in [-0.39, 0.29) is 5.54 Å². The lowest BCUT2D eigenvalue weighted by Crippen LogP contribution is -2.61. The van der Waals surface area contributed by atoms with Crippen LogP contribution in [0.5, 0.6) is 0 Å². The molecular formula is C18H25N3O3S. The van der Waals surface area contributed by atoms with Gasteiger partial charge in [-0.3, -0.25) is 14.5 Å². The Morgan fingerprint density at radius 1 is 1.08 bits per heavy atom. The Bertz CT molecular complexity index is 584. The number of amides is 2. The molecule has 2 N–H and O–H groups in total. The van der Waals surface area contributed by atoms with Crippen LogP contribution in [0.3, 0.4) is 0 Å². The average molecular weight is 363 g/mol. The maximum absolute atomic E-state index is 12.2. The van der Waals surface area contributed by atoms with Crippen molar-refractivity contribution < 1.29 is 14.3 Å². The molecule has 136 valence electrons. The molecule has 6 nitrogen and oxygen atoms in total. The van der Waals surface area contributed by atoms with Gasteiger partial charge in [0.15, 0.2) is 0 Å². The molecule has 2 aliphatic heterocycles. The van der Waals surface area contributed by atoms with E-state index in [0.717, 1.165) is 37.4 Å². The minimum Gasteiger partial charge on any atom is -0.381 e. The molecule has 0 atom stereocenters. The van der Waals surface area contributed by atoms with Gasteiger partial charge in [-0.1, -0.05) is 18.2 Å². The van der Waals surface area contributed by atoms with Gasteiger partial charge in [0.25, 0.3) is 0 Å². The van der Waals surface area contributed by atoms with E-state index in [1.165, 1.54) is 0 Å². The quantitative estimate of drug-likeness (QED) is 0.790. The minimum atomic E-state index is -0.623. The highest BCUT2D eigenvalue weighted by Crippen LogP contribution is 2.29. The molecule has 7 heteroatoms. The highest BCUT2D eigenvalue weighted by molar-refractivity contribution is 7.99. The molecule has 2 aliphatic rings. The summed E-state index contributed by atoms with van der Waals surface area (Å²) >= 11 is 1.97. The first-order valence-electron chi connectivity index (χ1n) is 8.74. The Labute approximate surface area is 152 Å². The third-order valence-corrected chi connectivity index (χ3v) is 5.86. The Balaban J connectivity index is 1.58. The number of rotatable bonds is 4. The molecule has 0 saturated carbocycles. The van der Waals surface area contributed by atoms with Gasteiger partial charge in [-0.25, -0.2) is 0 Å². The lowest BCUT2D eigenvalue weighted by molar-refractivity contribution is -0.136. The SMILES string of the molecule is O=C(NCC1(N2CCSCC2)CCOCC1)C(=O)Nc1ccccc1. The summed E-state index contributed by atoms with van der Waals surface area (Å²) in [4.78, 5) is 26.8. The van der Waals surface area contributed by atoms with Gasteiger partial charge >= 0.3 is 11.8 Å². The van der Waals surface area contributed by atoms with Crippen LogP contribution in [-0.2, 0) is 14.3 Å². The van der Waals surface area contributed by atoms with Crippen molar-refractivity contribution in [3.05, 3.63) is 30.3 Å². The van der Waals surface area contributed by atoms with E-state index in [1.54, 1.807) is 12.1 Å². The summed E-state index contributed by atoms with van der Waals surface area (Å²) in [5, 5.41) is 5.48. The standard InChI is InChI=1S/C18H25N3O3S/c22-16(17(23)20-15-4-2-1-3-5-15)19-14-18(6-10-24-11-7-18)21-8-12-25-13-9-21/h1-5H,6-14H2,(H,19,22)(H,20,23). The summed E-state index contributed by atoms with van der Waals surface area (Å²) in [5.41, 5.74) is 0.526. The number of para-hydroxylation sites is 1. The number of thioether (sulfide) groups is 1. The van der Waals surface area contributed by atoms with Crippen LogP contribution >= 0.6 is 11.8 Å². The van der Waals surface area contributed by atoms with Gasteiger partial charge < -0.3 is 15.4 Å². The van der Waals surface area contributed by atoms with Crippen molar-refractivity contribution in [3.63, 3.8) is 0 Å². The molecule has 3 rings (SSSR count). The predicted octanol–water partition coefficient (Wildman–Crippen LogP) is 1.34. The number of carbonyl (C=O) groups is 2. The van der Waals surface area contributed by atoms with Gasteiger partial charge in [-0.15, -0.1) is 0 Å². The summed E-state index contributed by atoms with van der Waals surface area (Å²) in [6.45, 7) is 3.95. The van der Waals surface area contributed by atoms with Crippen molar-refractivity contribution in [1.82, 2.24) is 10.2 Å². The monoisotopic (exact) mass is 363 g/mol. The van der Waals surface area contributed by atoms with Crippen LogP contribution < -0.4 is 10.6 Å². The first-order valence-corrected chi connectivity index (χ1v) is 9.90. The van der Waals surface area contributed by atoms with Crippen molar-refractivity contribution in [3.8, 4) is 0 Å². The fourth-order valence-electron chi connectivity index (χ4n) is 3.43. The van der Waals surface area contributed by atoms with E-state index in [2.05, 4.69) is 15.5 Å². The predicted molar refractivity (Wildman–Crippen MR) is 99.8 cm³/mol. The molecular weight excluding hydrogens is 338 g/mol. The van der Waals surface area contributed by atoms with E-state index in [9.17, 15) is 9.59 Å². The summed E-state index contributed by atoms with van der Waals surface area (Å²) in [5.74, 6) is 1.03. The highest BCUT2D eigenvalue weighted by Gasteiger charge is 2.39. The van der Waals surface area contributed by atoms with Gasteiger partial charge in [-0.2, -0.15) is 11.8 Å². The van der Waals surface area contributed by atoms with Crippen molar-refractivity contribution in [2.75, 3.05) is 49.7 Å². The molecule has 0 bridgehead atoms. The molecule has 25 heavy (non-hydrogen) atoms. The molecule has 0 aliphatic carbocycles. The number of carbonyl (C=O) groups excluding carboxylic acids is 2. The van der Waals surface area contributed by atoms with E-state index < -0.39 is 11.8 Å². The molecule has 2 amide bonds. The lowest BCUT2D eigenvalue weighted by atomic mass is 9.87. The van der Waals surface area contributed by atoms with E-state index in [0.29, 0.717) is 25.4 Å². The van der Waals surface area contributed by atoms with Gasteiger partial charge in [-0.05, 0) is 25.0 Å².